The monoisotopic (exact) mass is 672 g/mol. The minimum Gasteiger partial charge on any atom is -0.494 e. The Balaban J connectivity index is 1.24. The second-order valence-corrected chi connectivity index (χ2v) is 11.4. The molecule has 4 rings (SSSR count). The van der Waals surface area contributed by atoms with Crippen molar-refractivity contribution in [1.29, 1.82) is 0 Å². The van der Waals surface area contributed by atoms with Crippen LogP contribution in [0.3, 0.4) is 0 Å². The summed E-state index contributed by atoms with van der Waals surface area (Å²) in [6, 6.07) is 32.5. The van der Waals surface area contributed by atoms with Crippen LogP contribution in [0.5, 0.6) is 11.5 Å². The molecule has 0 saturated heterocycles. The first-order chi connectivity index (χ1) is 24.4. The minimum absolute atomic E-state index is 0.366. The Morgan fingerprint density at radius 2 is 0.800 bits per heavy atom. The first-order valence-corrected chi connectivity index (χ1v) is 16.7. The maximum atomic E-state index is 11.1. The van der Waals surface area contributed by atoms with E-state index < -0.39 is 11.9 Å². The van der Waals surface area contributed by atoms with Gasteiger partial charge >= 0.3 is 11.9 Å². The van der Waals surface area contributed by atoms with Gasteiger partial charge in [-0.05, 0) is 97.2 Å². The van der Waals surface area contributed by atoms with Crippen LogP contribution >= 0.6 is 0 Å². The van der Waals surface area contributed by atoms with E-state index in [4.69, 9.17) is 18.9 Å². The van der Waals surface area contributed by atoms with E-state index in [1.54, 1.807) is 0 Å². The van der Waals surface area contributed by atoms with Crippen molar-refractivity contribution in [2.24, 2.45) is 10.2 Å². The lowest BCUT2D eigenvalue weighted by atomic mass is 10.0. The molecule has 0 saturated carbocycles. The molecule has 0 spiro atoms. The fourth-order valence-electron chi connectivity index (χ4n) is 4.81. The second kappa shape index (κ2) is 19.9. The Morgan fingerprint density at radius 3 is 1.12 bits per heavy atom. The molecule has 0 radical (unpaired) electrons. The number of unbranched alkanes of at least 4 members (excludes halogenated alkanes) is 2. The quantitative estimate of drug-likeness (QED) is 0.0324. The summed E-state index contributed by atoms with van der Waals surface area (Å²) in [5.41, 5.74) is 8.03. The zero-order chi connectivity index (χ0) is 35.6. The highest BCUT2D eigenvalue weighted by atomic mass is 16.5. The van der Waals surface area contributed by atoms with Gasteiger partial charge in [0.25, 0.3) is 0 Å². The predicted octanol–water partition coefficient (Wildman–Crippen LogP) is 9.03. The highest BCUT2D eigenvalue weighted by molar-refractivity contribution is 6.02. The molecule has 0 bridgehead atoms. The molecular weight excluding hydrogens is 628 g/mol. The Bertz CT molecular complexity index is 1620. The molecule has 0 fully saturated rings. The zero-order valence-corrected chi connectivity index (χ0v) is 28.8. The van der Waals surface area contributed by atoms with E-state index in [2.05, 4.69) is 71.9 Å². The van der Waals surface area contributed by atoms with E-state index in [-0.39, 0.29) is 0 Å². The van der Waals surface area contributed by atoms with Crippen LogP contribution in [-0.2, 0) is 19.1 Å². The van der Waals surface area contributed by atoms with Gasteiger partial charge in [-0.2, -0.15) is 10.2 Å². The molecule has 0 aliphatic carbocycles. The van der Waals surface area contributed by atoms with Crippen molar-refractivity contribution >= 4 is 23.4 Å². The van der Waals surface area contributed by atoms with Gasteiger partial charge in [0.15, 0.2) is 0 Å². The third-order valence-electron chi connectivity index (χ3n) is 7.77. The van der Waals surface area contributed by atoms with E-state index in [9.17, 15) is 9.59 Å². The molecule has 4 aromatic carbocycles. The molecule has 0 aliphatic heterocycles. The summed E-state index contributed by atoms with van der Waals surface area (Å²) >= 11 is 0. The average molecular weight is 673 g/mol. The molecule has 0 aliphatic rings. The summed E-state index contributed by atoms with van der Waals surface area (Å²) < 4.78 is 21.6. The SMILES string of the molecule is C=CC(=O)OCCCCOc1ccc(-c2ccc(/C(C)=N/N=C(\C)c3ccc(-c4ccc(OCCCCOC(=O)C=C)cc4)cc3)cc2)cc1. The smallest absolute Gasteiger partial charge is 0.330 e. The normalized spacial score (nSPS) is 11.4. The van der Waals surface area contributed by atoms with Gasteiger partial charge < -0.3 is 18.9 Å². The average Bonchev–Trinajstić information content (AvgIpc) is 3.16. The lowest BCUT2D eigenvalue weighted by Crippen LogP contribution is -2.04. The van der Waals surface area contributed by atoms with Gasteiger partial charge in [0.1, 0.15) is 11.5 Å². The molecule has 0 atom stereocenters. The standard InChI is InChI=1S/C42H44N2O6/c1-5-41(45)49-29-9-7-27-47-39-23-19-37(20-24-39)35-15-11-33(12-16-35)31(3)43-44-32(4)34-13-17-36(18-14-34)38-21-25-40(26-22-38)48-28-8-10-30-50-42(46)6-2/h5-6,11-26H,1-2,7-10,27-30H2,3-4H3/b43-31+,44-32+. The number of benzene rings is 4. The lowest BCUT2D eigenvalue weighted by molar-refractivity contribution is -0.138. The number of carbonyl (C=O) groups is 2. The number of esters is 2. The van der Waals surface area contributed by atoms with Crippen molar-refractivity contribution in [3.63, 3.8) is 0 Å². The first kappa shape index (κ1) is 37.1. The third kappa shape index (κ3) is 12.0. The van der Waals surface area contributed by atoms with E-state index in [1.165, 1.54) is 12.2 Å². The summed E-state index contributed by atoms with van der Waals surface area (Å²) in [4.78, 5) is 22.1. The maximum Gasteiger partial charge on any atom is 0.330 e. The maximum absolute atomic E-state index is 11.1. The van der Waals surface area contributed by atoms with Crippen LogP contribution in [0.4, 0.5) is 0 Å². The van der Waals surface area contributed by atoms with E-state index in [0.29, 0.717) is 26.4 Å². The second-order valence-electron chi connectivity index (χ2n) is 11.4. The zero-order valence-electron chi connectivity index (χ0n) is 28.8. The molecular formula is C42H44N2O6. The fraction of sp³-hybridized carbons (Fsp3) is 0.238. The minimum atomic E-state index is -0.401. The van der Waals surface area contributed by atoms with Crippen molar-refractivity contribution in [3.8, 4) is 33.8 Å². The summed E-state index contributed by atoms with van der Waals surface area (Å²) in [6.07, 6.45) is 5.39. The number of hydrogen-bond donors (Lipinski definition) is 0. The number of nitrogens with zero attached hydrogens (tertiary/aromatic N) is 2. The summed E-state index contributed by atoms with van der Waals surface area (Å²) in [7, 11) is 0. The van der Waals surface area contributed by atoms with Crippen molar-refractivity contribution in [2.75, 3.05) is 26.4 Å². The van der Waals surface area contributed by atoms with Gasteiger partial charge in [-0.15, -0.1) is 0 Å². The van der Waals surface area contributed by atoms with Crippen LogP contribution in [0.15, 0.2) is 133 Å². The molecule has 0 heterocycles. The first-order valence-electron chi connectivity index (χ1n) is 16.7. The van der Waals surface area contributed by atoms with Gasteiger partial charge in [0.05, 0.1) is 37.9 Å². The van der Waals surface area contributed by atoms with E-state index in [0.717, 1.165) is 82.0 Å². The van der Waals surface area contributed by atoms with Crippen LogP contribution < -0.4 is 9.47 Å². The number of ether oxygens (including phenoxy) is 4. The topological polar surface area (TPSA) is 95.8 Å². The lowest BCUT2D eigenvalue weighted by Gasteiger charge is -2.08. The Hall–Kier alpha value is -5.76. The van der Waals surface area contributed by atoms with Crippen molar-refractivity contribution in [1.82, 2.24) is 0 Å². The fourth-order valence-corrected chi connectivity index (χ4v) is 4.81. The Labute approximate surface area is 294 Å². The molecule has 258 valence electrons. The van der Waals surface area contributed by atoms with Gasteiger partial charge in [0, 0.05) is 12.2 Å². The Kier molecular flexibility index (Phi) is 14.8. The molecule has 0 amide bonds. The highest BCUT2D eigenvalue weighted by Gasteiger charge is 2.05. The van der Waals surface area contributed by atoms with Crippen LogP contribution in [-0.4, -0.2) is 49.8 Å². The molecule has 4 aromatic rings. The molecule has 0 aromatic heterocycles. The Morgan fingerprint density at radius 1 is 0.500 bits per heavy atom. The van der Waals surface area contributed by atoms with Crippen molar-refractivity contribution in [2.45, 2.75) is 39.5 Å². The third-order valence-corrected chi connectivity index (χ3v) is 7.77. The number of carbonyl (C=O) groups excluding carboxylic acids is 2. The van der Waals surface area contributed by atoms with E-state index >= 15 is 0 Å². The highest BCUT2D eigenvalue weighted by Crippen LogP contribution is 2.25. The van der Waals surface area contributed by atoms with Crippen LogP contribution in [0.2, 0.25) is 0 Å². The number of hydrogen-bond acceptors (Lipinski definition) is 8. The van der Waals surface area contributed by atoms with Crippen LogP contribution in [0.1, 0.15) is 50.7 Å². The molecule has 8 heteroatoms. The molecule has 0 N–H and O–H groups in total. The summed E-state index contributed by atoms with van der Waals surface area (Å²) in [6.45, 7) is 12.5. The largest absolute Gasteiger partial charge is 0.494 e. The summed E-state index contributed by atoms with van der Waals surface area (Å²) in [5, 5.41) is 9.01. The molecule has 8 nitrogen and oxygen atoms in total. The van der Waals surface area contributed by atoms with E-state index in [1.807, 2.05) is 62.4 Å². The predicted molar refractivity (Wildman–Crippen MR) is 200 cm³/mol. The van der Waals surface area contributed by atoms with Crippen LogP contribution in [0, 0.1) is 0 Å². The summed E-state index contributed by atoms with van der Waals surface area (Å²) in [5.74, 6) is 0.800. The van der Waals surface area contributed by atoms with Gasteiger partial charge in [0.2, 0.25) is 0 Å². The van der Waals surface area contributed by atoms with Gasteiger partial charge in [-0.25, -0.2) is 9.59 Å². The molecule has 50 heavy (non-hydrogen) atoms. The van der Waals surface area contributed by atoms with Crippen molar-refractivity contribution < 1.29 is 28.5 Å². The van der Waals surface area contributed by atoms with Crippen molar-refractivity contribution in [3.05, 3.63) is 133 Å². The van der Waals surface area contributed by atoms with Crippen LogP contribution in [0.25, 0.3) is 22.3 Å². The van der Waals surface area contributed by atoms with Gasteiger partial charge in [-0.3, -0.25) is 0 Å². The number of rotatable bonds is 19. The van der Waals surface area contributed by atoms with Gasteiger partial charge in [-0.1, -0.05) is 86.0 Å². The molecule has 0 unspecified atom stereocenters.